The second kappa shape index (κ2) is 4.28. The summed E-state index contributed by atoms with van der Waals surface area (Å²) in [6, 6.07) is 3.67. The Morgan fingerprint density at radius 2 is 1.94 bits per heavy atom. The van der Waals surface area contributed by atoms with Crippen LogP contribution in [0.2, 0.25) is 5.02 Å². The van der Waals surface area contributed by atoms with Crippen molar-refractivity contribution in [3.05, 3.63) is 23.0 Å². The number of fused-ring (bicyclic) bond motifs is 1. The molecule has 0 N–H and O–H groups in total. The summed E-state index contributed by atoms with van der Waals surface area (Å²) in [6.45, 7) is 0. The molecule has 0 spiro atoms. The quantitative estimate of drug-likeness (QED) is 0.854. The summed E-state index contributed by atoms with van der Waals surface area (Å²) in [7, 11) is 3.20. The first-order chi connectivity index (χ1) is 8.74. The molecule has 18 heavy (non-hydrogen) atoms. The van der Waals surface area contributed by atoms with Crippen molar-refractivity contribution in [2.45, 2.75) is 18.8 Å². The van der Waals surface area contributed by atoms with Gasteiger partial charge >= 0.3 is 0 Å². The molecule has 1 saturated carbocycles. The molecule has 1 fully saturated rings. The van der Waals surface area contributed by atoms with Crippen LogP contribution in [-0.2, 0) is 0 Å². The minimum Gasteiger partial charge on any atom is -0.495 e. The molecular formula is C13H13ClN2O2. The van der Waals surface area contributed by atoms with Gasteiger partial charge in [-0.25, -0.2) is 4.98 Å². The molecule has 1 aliphatic rings. The van der Waals surface area contributed by atoms with Crippen molar-refractivity contribution in [1.82, 2.24) is 9.97 Å². The van der Waals surface area contributed by atoms with Crippen LogP contribution in [0.1, 0.15) is 24.6 Å². The first-order valence-electron chi connectivity index (χ1n) is 5.82. The minimum atomic E-state index is 0.450. The molecule has 0 bridgehead atoms. The molecule has 0 radical (unpaired) electrons. The van der Waals surface area contributed by atoms with Crippen molar-refractivity contribution in [1.29, 1.82) is 0 Å². The Labute approximate surface area is 110 Å². The van der Waals surface area contributed by atoms with E-state index in [4.69, 9.17) is 21.1 Å². The lowest BCUT2D eigenvalue weighted by molar-refractivity contribution is 0.400. The third kappa shape index (κ3) is 1.77. The molecular weight excluding hydrogens is 252 g/mol. The molecule has 0 atom stereocenters. The van der Waals surface area contributed by atoms with Crippen LogP contribution in [0.4, 0.5) is 0 Å². The second-order valence-electron chi connectivity index (χ2n) is 4.34. The van der Waals surface area contributed by atoms with E-state index in [1.165, 1.54) is 0 Å². The third-order valence-corrected chi connectivity index (χ3v) is 3.47. The van der Waals surface area contributed by atoms with Gasteiger partial charge in [-0.15, -0.1) is 0 Å². The van der Waals surface area contributed by atoms with Gasteiger partial charge in [0.2, 0.25) is 5.88 Å². The average molecular weight is 265 g/mol. The molecule has 94 valence electrons. The van der Waals surface area contributed by atoms with E-state index >= 15 is 0 Å². The Kier molecular flexibility index (Phi) is 2.74. The van der Waals surface area contributed by atoms with Crippen molar-refractivity contribution in [2.24, 2.45) is 0 Å². The van der Waals surface area contributed by atoms with E-state index < -0.39 is 0 Å². The predicted octanol–water partition coefficient (Wildman–Crippen LogP) is 3.18. The number of ether oxygens (including phenoxy) is 2. The normalized spacial score (nSPS) is 14.8. The minimum absolute atomic E-state index is 0.450. The van der Waals surface area contributed by atoms with Gasteiger partial charge in [-0.1, -0.05) is 11.6 Å². The molecule has 5 heteroatoms. The Morgan fingerprint density at radius 3 is 2.56 bits per heavy atom. The summed E-state index contributed by atoms with van der Waals surface area (Å²) in [5.41, 5.74) is 0.699. The van der Waals surface area contributed by atoms with Crippen molar-refractivity contribution < 1.29 is 9.47 Å². The number of aromatic nitrogens is 2. The molecule has 0 amide bonds. The maximum Gasteiger partial charge on any atom is 0.224 e. The molecule has 4 nitrogen and oxygen atoms in total. The van der Waals surface area contributed by atoms with E-state index in [2.05, 4.69) is 9.97 Å². The van der Waals surface area contributed by atoms with E-state index in [1.54, 1.807) is 20.3 Å². The highest BCUT2D eigenvalue weighted by molar-refractivity contribution is 6.36. The molecule has 1 aromatic heterocycles. The summed E-state index contributed by atoms with van der Waals surface area (Å²) >= 11 is 6.30. The summed E-state index contributed by atoms with van der Waals surface area (Å²) in [5, 5.41) is 1.32. The lowest BCUT2D eigenvalue weighted by Gasteiger charge is -2.10. The van der Waals surface area contributed by atoms with Crippen LogP contribution in [0.3, 0.4) is 0 Å². The molecule has 0 aliphatic heterocycles. The second-order valence-corrected chi connectivity index (χ2v) is 4.72. The van der Waals surface area contributed by atoms with Crippen LogP contribution < -0.4 is 9.47 Å². The van der Waals surface area contributed by atoms with E-state index in [-0.39, 0.29) is 0 Å². The smallest absolute Gasteiger partial charge is 0.224 e. The number of halogens is 1. The number of benzene rings is 1. The van der Waals surface area contributed by atoms with Gasteiger partial charge in [0.25, 0.3) is 0 Å². The van der Waals surface area contributed by atoms with Crippen LogP contribution in [0.5, 0.6) is 11.6 Å². The maximum absolute atomic E-state index is 6.30. The Balaban J connectivity index is 2.29. The number of hydrogen-bond donors (Lipinski definition) is 0. The standard InChI is InChI=1S/C13H13ClN2O2/c1-17-9-6-5-8-11(10(9)14)15-12(7-3-4-7)16-13(8)18-2/h5-7H,3-4H2,1-2H3. The molecule has 2 aromatic rings. The fourth-order valence-electron chi connectivity index (χ4n) is 1.97. The molecule has 1 heterocycles. The average Bonchev–Trinajstić information content (AvgIpc) is 3.22. The van der Waals surface area contributed by atoms with Gasteiger partial charge in [-0.05, 0) is 25.0 Å². The lowest BCUT2D eigenvalue weighted by Crippen LogP contribution is -1.99. The lowest BCUT2D eigenvalue weighted by atomic mass is 10.2. The van der Waals surface area contributed by atoms with Crippen LogP contribution >= 0.6 is 11.6 Å². The largest absolute Gasteiger partial charge is 0.495 e. The monoisotopic (exact) mass is 264 g/mol. The number of hydrogen-bond acceptors (Lipinski definition) is 4. The molecule has 1 aromatic carbocycles. The van der Waals surface area contributed by atoms with Crippen LogP contribution in [-0.4, -0.2) is 24.2 Å². The van der Waals surface area contributed by atoms with E-state index in [1.807, 2.05) is 6.07 Å². The van der Waals surface area contributed by atoms with Gasteiger partial charge in [0.1, 0.15) is 22.1 Å². The van der Waals surface area contributed by atoms with Gasteiger partial charge in [-0.3, -0.25) is 0 Å². The fourth-order valence-corrected chi connectivity index (χ4v) is 2.25. The first-order valence-corrected chi connectivity index (χ1v) is 6.20. The van der Waals surface area contributed by atoms with Crippen molar-refractivity contribution >= 4 is 22.5 Å². The highest BCUT2D eigenvalue weighted by Crippen LogP contribution is 2.41. The Hall–Kier alpha value is -1.55. The Morgan fingerprint density at radius 1 is 1.17 bits per heavy atom. The summed E-state index contributed by atoms with van der Waals surface area (Å²) in [4.78, 5) is 9.00. The zero-order chi connectivity index (χ0) is 12.7. The van der Waals surface area contributed by atoms with E-state index in [0.29, 0.717) is 28.1 Å². The number of nitrogens with zero attached hydrogens (tertiary/aromatic N) is 2. The molecule has 0 saturated heterocycles. The molecule has 3 rings (SSSR count). The summed E-state index contributed by atoms with van der Waals surface area (Å²) in [6.07, 6.45) is 2.27. The topological polar surface area (TPSA) is 44.2 Å². The van der Waals surface area contributed by atoms with Gasteiger partial charge in [0.05, 0.1) is 19.6 Å². The highest BCUT2D eigenvalue weighted by atomic mass is 35.5. The molecule has 0 unspecified atom stereocenters. The molecule has 1 aliphatic carbocycles. The summed E-state index contributed by atoms with van der Waals surface area (Å²) < 4.78 is 10.5. The zero-order valence-corrected chi connectivity index (χ0v) is 11.0. The summed E-state index contributed by atoms with van der Waals surface area (Å²) in [5.74, 6) is 2.46. The van der Waals surface area contributed by atoms with Gasteiger partial charge in [0.15, 0.2) is 0 Å². The van der Waals surface area contributed by atoms with Crippen LogP contribution in [0, 0.1) is 0 Å². The van der Waals surface area contributed by atoms with Crippen molar-refractivity contribution in [2.75, 3.05) is 14.2 Å². The number of methoxy groups -OCH3 is 2. The van der Waals surface area contributed by atoms with Crippen LogP contribution in [0.15, 0.2) is 12.1 Å². The SMILES string of the molecule is COc1ccc2c(OC)nc(C3CC3)nc2c1Cl. The van der Waals surface area contributed by atoms with Crippen molar-refractivity contribution in [3.8, 4) is 11.6 Å². The number of rotatable bonds is 3. The first kappa shape index (κ1) is 11.5. The Bertz CT molecular complexity index is 611. The van der Waals surface area contributed by atoms with E-state index in [0.717, 1.165) is 24.1 Å². The predicted molar refractivity (Wildman–Crippen MR) is 69.6 cm³/mol. The zero-order valence-electron chi connectivity index (χ0n) is 10.2. The highest BCUT2D eigenvalue weighted by Gasteiger charge is 2.28. The van der Waals surface area contributed by atoms with Crippen LogP contribution in [0.25, 0.3) is 10.9 Å². The third-order valence-electron chi connectivity index (χ3n) is 3.11. The van der Waals surface area contributed by atoms with Crippen molar-refractivity contribution in [3.63, 3.8) is 0 Å². The fraction of sp³-hybridized carbons (Fsp3) is 0.385. The van der Waals surface area contributed by atoms with Gasteiger partial charge in [0, 0.05) is 5.92 Å². The van der Waals surface area contributed by atoms with E-state index in [9.17, 15) is 0 Å². The van der Waals surface area contributed by atoms with Gasteiger partial charge < -0.3 is 9.47 Å². The maximum atomic E-state index is 6.30. The van der Waals surface area contributed by atoms with Gasteiger partial charge in [-0.2, -0.15) is 4.98 Å².